The monoisotopic (exact) mass is 324 g/mol. The van der Waals surface area contributed by atoms with Gasteiger partial charge in [-0.3, -0.25) is 0 Å². The molecule has 4 N–H and O–H groups in total. The largest absolute Gasteiger partial charge is 0.511 e. The molecule has 0 fully saturated rings. The van der Waals surface area contributed by atoms with Gasteiger partial charge in [0.2, 0.25) is 0 Å². The fourth-order valence-corrected chi connectivity index (χ4v) is 1.87. The second-order valence-corrected chi connectivity index (χ2v) is 4.03. The third kappa shape index (κ3) is 3.50. The molecule has 0 aliphatic rings. The van der Waals surface area contributed by atoms with Gasteiger partial charge in [0.15, 0.2) is 11.5 Å². The molecule has 0 aliphatic heterocycles. The summed E-state index contributed by atoms with van der Waals surface area (Å²) < 4.78 is 13.4. The number of aromatic hydroxyl groups is 1. The lowest BCUT2D eigenvalue weighted by molar-refractivity contribution is 0.141. The normalized spacial score (nSPS) is 10.1. The lowest BCUT2D eigenvalue weighted by Crippen LogP contribution is -2.07. The van der Waals surface area contributed by atoms with Crippen LogP contribution in [0.5, 0.6) is 23.0 Å². The Kier molecular flexibility index (Phi) is 4.07. The topological polar surface area (TPSA) is 160 Å². The van der Waals surface area contributed by atoms with E-state index >= 15 is 0 Å². The first-order chi connectivity index (χ1) is 10.8. The lowest BCUT2D eigenvalue weighted by atomic mass is 10.1. The van der Waals surface area contributed by atoms with E-state index in [0.29, 0.717) is 0 Å². The molecule has 0 unspecified atom stereocenters. The highest BCUT2D eigenvalue weighted by atomic mass is 16.7. The summed E-state index contributed by atoms with van der Waals surface area (Å²) in [5.74, 6) is -1.68. The van der Waals surface area contributed by atoms with Crippen molar-refractivity contribution in [1.82, 2.24) is 0 Å². The third-order valence-electron chi connectivity index (χ3n) is 2.59. The maximum absolute atomic E-state index is 10.7. The molecule has 0 amide bonds. The maximum Gasteiger partial charge on any atom is 0.511 e. The molecule has 0 atom stereocenters. The van der Waals surface area contributed by atoms with E-state index in [1.807, 2.05) is 0 Å². The number of carbonyl (C=O) groups is 3. The fraction of sp³-hybridized carbons (Fsp3) is 0. The summed E-state index contributed by atoms with van der Waals surface area (Å²) >= 11 is 0. The summed E-state index contributed by atoms with van der Waals surface area (Å²) in [7, 11) is 0. The van der Waals surface area contributed by atoms with Crippen LogP contribution in [-0.4, -0.2) is 38.9 Å². The smallest absolute Gasteiger partial charge is 0.504 e. The van der Waals surface area contributed by atoms with E-state index < -0.39 is 30.0 Å². The predicted molar refractivity (Wildman–Crippen MR) is 71.6 cm³/mol. The molecule has 0 spiro atoms. The van der Waals surface area contributed by atoms with Crippen LogP contribution in [0.4, 0.5) is 14.4 Å². The highest BCUT2D eigenvalue weighted by molar-refractivity contribution is 5.98. The molecule has 2 rings (SSSR count). The summed E-state index contributed by atoms with van der Waals surface area (Å²) in [6.07, 6.45) is -5.01. The number of hydrogen-bond donors (Lipinski definition) is 4. The van der Waals surface area contributed by atoms with Gasteiger partial charge < -0.3 is 34.6 Å². The lowest BCUT2D eigenvalue weighted by Gasteiger charge is -2.12. The van der Waals surface area contributed by atoms with Gasteiger partial charge in [-0.1, -0.05) is 0 Å². The molecule has 120 valence electrons. The van der Waals surface area contributed by atoms with Crippen molar-refractivity contribution < 1.29 is 49.0 Å². The molecular formula is C13H8O10. The zero-order valence-electron chi connectivity index (χ0n) is 11.0. The molecule has 23 heavy (non-hydrogen) atoms. The van der Waals surface area contributed by atoms with Gasteiger partial charge in [-0.15, -0.1) is 0 Å². The van der Waals surface area contributed by atoms with Crippen LogP contribution in [0.3, 0.4) is 0 Å². The van der Waals surface area contributed by atoms with Crippen LogP contribution < -0.4 is 14.2 Å². The molecular weight excluding hydrogens is 316 g/mol. The number of phenolic OH excluding ortho intramolecular Hbond substituents is 1. The predicted octanol–water partition coefficient (Wildman–Crippen LogP) is 2.72. The molecule has 2 aromatic rings. The average Bonchev–Trinajstić information content (AvgIpc) is 2.41. The fourth-order valence-electron chi connectivity index (χ4n) is 1.87. The molecule has 0 radical (unpaired) electrons. The molecule has 10 heteroatoms. The van der Waals surface area contributed by atoms with Crippen molar-refractivity contribution in [2.75, 3.05) is 0 Å². The van der Waals surface area contributed by atoms with E-state index in [1.54, 1.807) is 0 Å². The first-order valence-electron chi connectivity index (χ1n) is 5.80. The zero-order valence-corrected chi connectivity index (χ0v) is 11.0. The second kappa shape index (κ2) is 5.97. The van der Waals surface area contributed by atoms with Gasteiger partial charge in [-0.05, 0) is 18.2 Å². The number of rotatable bonds is 3. The van der Waals surface area contributed by atoms with Crippen molar-refractivity contribution in [3.63, 3.8) is 0 Å². The van der Waals surface area contributed by atoms with Crippen LogP contribution in [-0.2, 0) is 0 Å². The summed E-state index contributed by atoms with van der Waals surface area (Å²) in [5, 5.41) is 35.7. The Bertz CT molecular complexity index is 810. The molecule has 0 bridgehead atoms. The van der Waals surface area contributed by atoms with Crippen LogP contribution in [0.2, 0.25) is 0 Å². The Hall–Kier alpha value is -3.69. The van der Waals surface area contributed by atoms with E-state index in [-0.39, 0.29) is 22.3 Å². The van der Waals surface area contributed by atoms with E-state index in [0.717, 1.165) is 18.2 Å². The van der Waals surface area contributed by atoms with Gasteiger partial charge in [0.25, 0.3) is 0 Å². The third-order valence-corrected chi connectivity index (χ3v) is 2.59. The highest BCUT2D eigenvalue weighted by Gasteiger charge is 2.19. The summed E-state index contributed by atoms with van der Waals surface area (Å²) in [5.41, 5.74) is 0. The number of fused-ring (bicyclic) bond motifs is 1. The van der Waals surface area contributed by atoms with Crippen LogP contribution in [0.25, 0.3) is 10.8 Å². The van der Waals surface area contributed by atoms with Gasteiger partial charge >= 0.3 is 18.5 Å². The van der Waals surface area contributed by atoms with Crippen molar-refractivity contribution in [1.29, 1.82) is 0 Å². The zero-order chi connectivity index (χ0) is 17.1. The van der Waals surface area contributed by atoms with E-state index in [1.165, 1.54) is 6.07 Å². The summed E-state index contributed by atoms with van der Waals surface area (Å²) in [6.45, 7) is 0. The number of benzene rings is 2. The van der Waals surface area contributed by atoms with Gasteiger partial charge in [0, 0.05) is 16.8 Å². The molecule has 0 aliphatic carbocycles. The maximum atomic E-state index is 10.7. The Labute approximate surface area is 126 Å². The number of carboxylic acid groups (broad SMARTS) is 3. The van der Waals surface area contributed by atoms with Crippen molar-refractivity contribution in [2.45, 2.75) is 0 Å². The van der Waals surface area contributed by atoms with Crippen LogP contribution in [0.1, 0.15) is 0 Å². The Morgan fingerprint density at radius 1 is 0.783 bits per heavy atom. The van der Waals surface area contributed by atoms with Crippen molar-refractivity contribution in [3.05, 3.63) is 24.3 Å². The molecule has 2 aromatic carbocycles. The quantitative estimate of drug-likeness (QED) is 0.488. The Morgan fingerprint density at radius 2 is 1.39 bits per heavy atom. The van der Waals surface area contributed by atoms with Gasteiger partial charge in [0.05, 0.1) is 0 Å². The minimum absolute atomic E-state index is 0.0265. The number of phenols is 1. The van der Waals surface area contributed by atoms with Crippen molar-refractivity contribution in [2.24, 2.45) is 0 Å². The first-order valence-corrected chi connectivity index (χ1v) is 5.80. The first kappa shape index (κ1) is 15.7. The molecule has 0 saturated carbocycles. The van der Waals surface area contributed by atoms with Crippen LogP contribution >= 0.6 is 0 Å². The SMILES string of the molecule is O=C(O)Oc1ccc2c(OC(=O)O)c(O)cc(OC(=O)O)c2c1. The second-order valence-electron chi connectivity index (χ2n) is 4.03. The minimum atomic E-state index is -1.71. The summed E-state index contributed by atoms with van der Waals surface area (Å²) in [6, 6.07) is 4.25. The van der Waals surface area contributed by atoms with Gasteiger partial charge in [0.1, 0.15) is 11.5 Å². The van der Waals surface area contributed by atoms with Gasteiger partial charge in [-0.2, -0.15) is 0 Å². The van der Waals surface area contributed by atoms with Crippen molar-refractivity contribution >= 4 is 29.2 Å². The summed E-state index contributed by atoms with van der Waals surface area (Å²) in [4.78, 5) is 31.9. The molecule has 10 nitrogen and oxygen atoms in total. The van der Waals surface area contributed by atoms with E-state index in [9.17, 15) is 19.5 Å². The average molecular weight is 324 g/mol. The Morgan fingerprint density at radius 3 is 1.96 bits per heavy atom. The minimum Gasteiger partial charge on any atom is -0.504 e. The van der Waals surface area contributed by atoms with Crippen LogP contribution in [0, 0.1) is 0 Å². The molecule has 0 saturated heterocycles. The number of ether oxygens (including phenoxy) is 3. The molecule has 0 aromatic heterocycles. The number of hydrogen-bond acceptors (Lipinski definition) is 7. The Balaban J connectivity index is 2.70. The van der Waals surface area contributed by atoms with Crippen molar-refractivity contribution in [3.8, 4) is 23.0 Å². The van der Waals surface area contributed by atoms with Gasteiger partial charge in [-0.25, -0.2) is 14.4 Å². The van der Waals surface area contributed by atoms with E-state index in [4.69, 9.17) is 15.3 Å². The van der Waals surface area contributed by atoms with Crippen LogP contribution in [0.15, 0.2) is 24.3 Å². The van der Waals surface area contributed by atoms with E-state index in [2.05, 4.69) is 14.2 Å². The standard InChI is InChI=1S/C13H8O10/c14-8-4-9(22-12(17)18)7-3-5(21-11(15)16)1-2-6(7)10(8)23-13(19)20/h1-4,14H,(H,15,16)(H,17,18)(H,19,20). The molecule has 0 heterocycles. The highest BCUT2D eigenvalue weighted by Crippen LogP contribution is 2.42.